The largest absolute Gasteiger partial charge is 0.485 e. The van der Waals surface area contributed by atoms with Crippen molar-refractivity contribution >= 4 is 0 Å². The van der Waals surface area contributed by atoms with Crippen molar-refractivity contribution < 1.29 is 13.5 Å². The Balaban J connectivity index is 1.59. The van der Waals surface area contributed by atoms with E-state index in [4.69, 9.17) is 4.74 Å². The number of benzene rings is 2. The fourth-order valence-electron chi connectivity index (χ4n) is 5.03. The van der Waals surface area contributed by atoms with Crippen molar-refractivity contribution in [3.05, 3.63) is 65.7 Å². The minimum absolute atomic E-state index is 0.207. The Morgan fingerprint density at radius 2 is 1.54 bits per heavy atom. The second-order valence-corrected chi connectivity index (χ2v) is 10.6. The SMILES string of the molecule is CCCCCCC(C)Oc1c(F)cc(-c2ccc(C3CCC(C=CC(C)CC)CC3)cc2)cc1F. The summed E-state index contributed by atoms with van der Waals surface area (Å²) < 4.78 is 35.2. The van der Waals surface area contributed by atoms with Crippen molar-refractivity contribution in [1.82, 2.24) is 0 Å². The van der Waals surface area contributed by atoms with E-state index in [-0.39, 0.29) is 11.9 Å². The lowest BCUT2D eigenvalue weighted by molar-refractivity contribution is 0.188. The Labute approximate surface area is 212 Å². The van der Waals surface area contributed by atoms with Crippen LogP contribution in [0.25, 0.3) is 11.1 Å². The molecule has 1 fully saturated rings. The average molecular weight is 483 g/mol. The summed E-state index contributed by atoms with van der Waals surface area (Å²) in [5.41, 5.74) is 2.71. The van der Waals surface area contributed by atoms with E-state index in [1.807, 2.05) is 19.1 Å². The van der Waals surface area contributed by atoms with E-state index in [2.05, 4.69) is 45.1 Å². The molecule has 0 aliphatic heterocycles. The van der Waals surface area contributed by atoms with Gasteiger partial charge in [0, 0.05) is 0 Å². The first-order chi connectivity index (χ1) is 16.9. The van der Waals surface area contributed by atoms with E-state index >= 15 is 0 Å². The molecule has 1 nitrogen and oxygen atoms in total. The van der Waals surface area contributed by atoms with Gasteiger partial charge in [-0.3, -0.25) is 0 Å². The van der Waals surface area contributed by atoms with Crippen LogP contribution >= 0.6 is 0 Å². The molecule has 2 aromatic carbocycles. The molecule has 0 N–H and O–H groups in total. The van der Waals surface area contributed by atoms with Crippen molar-refractivity contribution in [2.75, 3.05) is 0 Å². The molecule has 0 amide bonds. The summed E-state index contributed by atoms with van der Waals surface area (Å²) in [6, 6.07) is 11.0. The average Bonchev–Trinajstić information content (AvgIpc) is 2.87. The minimum Gasteiger partial charge on any atom is -0.485 e. The minimum atomic E-state index is -0.631. The Morgan fingerprint density at radius 3 is 2.14 bits per heavy atom. The van der Waals surface area contributed by atoms with E-state index in [1.54, 1.807) is 0 Å². The van der Waals surface area contributed by atoms with Gasteiger partial charge in [0.05, 0.1) is 6.10 Å². The van der Waals surface area contributed by atoms with Gasteiger partial charge in [-0.15, -0.1) is 0 Å². The van der Waals surface area contributed by atoms with Crippen LogP contribution in [-0.2, 0) is 0 Å². The highest BCUT2D eigenvalue weighted by Crippen LogP contribution is 2.37. The number of halogens is 2. The molecule has 0 spiro atoms. The predicted octanol–water partition coefficient (Wildman–Crippen LogP) is 10.2. The van der Waals surface area contributed by atoms with Crippen LogP contribution in [0.4, 0.5) is 8.78 Å². The third-order valence-corrected chi connectivity index (χ3v) is 7.62. The topological polar surface area (TPSA) is 9.23 Å². The second kappa shape index (κ2) is 13.8. The molecule has 1 saturated carbocycles. The molecule has 2 atom stereocenters. The van der Waals surface area contributed by atoms with Gasteiger partial charge in [-0.2, -0.15) is 0 Å². The van der Waals surface area contributed by atoms with Crippen LogP contribution in [0.15, 0.2) is 48.6 Å². The maximum absolute atomic E-state index is 14.8. The van der Waals surface area contributed by atoms with Crippen molar-refractivity contribution in [2.24, 2.45) is 11.8 Å². The van der Waals surface area contributed by atoms with Gasteiger partial charge >= 0.3 is 0 Å². The van der Waals surface area contributed by atoms with Gasteiger partial charge in [0.2, 0.25) is 0 Å². The Morgan fingerprint density at radius 1 is 0.886 bits per heavy atom. The van der Waals surface area contributed by atoms with Crippen LogP contribution in [0.3, 0.4) is 0 Å². The van der Waals surface area contributed by atoms with E-state index in [0.29, 0.717) is 23.3 Å². The molecule has 35 heavy (non-hydrogen) atoms. The normalized spacial score (nSPS) is 20.2. The molecular weight excluding hydrogens is 438 g/mol. The molecule has 0 aromatic heterocycles. The molecule has 0 bridgehead atoms. The van der Waals surface area contributed by atoms with Crippen LogP contribution in [0.1, 0.15) is 103 Å². The summed E-state index contributed by atoms with van der Waals surface area (Å²) in [5.74, 6) is 0.411. The molecule has 0 saturated heterocycles. The highest BCUT2D eigenvalue weighted by Gasteiger charge is 2.21. The summed E-state index contributed by atoms with van der Waals surface area (Å²) in [6.07, 6.45) is 15.9. The lowest BCUT2D eigenvalue weighted by Gasteiger charge is -2.27. The molecule has 3 heteroatoms. The van der Waals surface area contributed by atoms with Gasteiger partial charge in [-0.05, 0) is 92.0 Å². The number of unbranched alkanes of at least 4 members (excludes halogenated alkanes) is 3. The van der Waals surface area contributed by atoms with E-state index in [0.717, 1.165) is 31.2 Å². The number of hydrogen-bond donors (Lipinski definition) is 0. The third-order valence-electron chi connectivity index (χ3n) is 7.62. The fourth-order valence-corrected chi connectivity index (χ4v) is 5.03. The van der Waals surface area contributed by atoms with E-state index in [1.165, 1.54) is 56.2 Å². The van der Waals surface area contributed by atoms with Crippen LogP contribution in [0.2, 0.25) is 0 Å². The van der Waals surface area contributed by atoms with Crippen LogP contribution < -0.4 is 4.74 Å². The third kappa shape index (κ3) is 8.19. The van der Waals surface area contributed by atoms with Gasteiger partial charge < -0.3 is 4.74 Å². The second-order valence-electron chi connectivity index (χ2n) is 10.6. The maximum atomic E-state index is 14.8. The van der Waals surface area contributed by atoms with Crippen LogP contribution in [-0.4, -0.2) is 6.10 Å². The van der Waals surface area contributed by atoms with Gasteiger partial charge in [-0.1, -0.05) is 82.9 Å². The summed E-state index contributed by atoms with van der Waals surface area (Å²) in [4.78, 5) is 0. The molecule has 192 valence electrons. The predicted molar refractivity (Wildman–Crippen MR) is 144 cm³/mol. The number of hydrogen-bond acceptors (Lipinski definition) is 1. The number of ether oxygens (including phenoxy) is 1. The molecule has 1 aliphatic carbocycles. The summed E-state index contributed by atoms with van der Waals surface area (Å²) in [7, 11) is 0. The first-order valence-corrected chi connectivity index (χ1v) is 13.9. The smallest absolute Gasteiger partial charge is 0.191 e. The Hall–Kier alpha value is -2.16. The van der Waals surface area contributed by atoms with Gasteiger partial charge in [0.25, 0.3) is 0 Å². The summed E-state index contributed by atoms with van der Waals surface area (Å²) >= 11 is 0. The molecule has 3 rings (SSSR count). The van der Waals surface area contributed by atoms with Crippen LogP contribution in [0, 0.1) is 23.5 Å². The van der Waals surface area contributed by atoms with Crippen molar-refractivity contribution in [3.63, 3.8) is 0 Å². The maximum Gasteiger partial charge on any atom is 0.191 e. The fraction of sp³-hybridized carbons (Fsp3) is 0.562. The highest BCUT2D eigenvalue weighted by molar-refractivity contribution is 5.65. The number of allylic oxidation sites excluding steroid dienone is 2. The molecular formula is C32H44F2O. The molecule has 0 radical (unpaired) electrons. The molecule has 0 heterocycles. The molecule has 1 aliphatic rings. The lowest BCUT2D eigenvalue weighted by atomic mass is 9.78. The van der Waals surface area contributed by atoms with Gasteiger partial charge in [0.1, 0.15) is 0 Å². The van der Waals surface area contributed by atoms with Crippen LogP contribution in [0.5, 0.6) is 5.75 Å². The Kier molecular flexibility index (Phi) is 10.8. The first kappa shape index (κ1) is 27.4. The van der Waals surface area contributed by atoms with Crippen molar-refractivity contribution in [2.45, 2.75) is 104 Å². The van der Waals surface area contributed by atoms with Gasteiger partial charge in [-0.25, -0.2) is 8.78 Å². The Bertz CT molecular complexity index is 902. The van der Waals surface area contributed by atoms with E-state index < -0.39 is 11.6 Å². The zero-order chi connectivity index (χ0) is 25.2. The summed E-state index contributed by atoms with van der Waals surface area (Å²) in [5, 5.41) is 0. The molecule has 2 unspecified atom stereocenters. The number of rotatable bonds is 12. The standard InChI is InChI=1S/C32H44F2O/c1-5-7-8-9-10-24(4)35-32-30(33)21-29(22-31(32)34)28-19-17-27(18-20-28)26-15-13-25(14-16-26)12-11-23(3)6-2/h11-12,17-26H,5-10,13-16H2,1-4H3. The van der Waals surface area contributed by atoms with Crippen molar-refractivity contribution in [1.29, 1.82) is 0 Å². The zero-order valence-electron chi connectivity index (χ0n) is 22.2. The highest BCUT2D eigenvalue weighted by atomic mass is 19.1. The summed E-state index contributed by atoms with van der Waals surface area (Å²) in [6.45, 7) is 8.56. The van der Waals surface area contributed by atoms with Gasteiger partial charge in [0.15, 0.2) is 17.4 Å². The quantitative estimate of drug-likeness (QED) is 0.216. The molecule has 2 aromatic rings. The van der Waals surface area contributed by atoms with E-state index in [9.17, 15) is 8.78 Å². The first-order valence-electron chi connectivity index (χ1n) is 13.9. The monoisotopic (exact) mass is 482 g/mol. The lowest BCUT2D eigenvalue weighted by Crippen LogP contribution is -2.13. The van der Waals surface area contributed by atoms with Crippen molar-refractivity contribution in [3.8, 4) is 16.9 Å². The zero-order valence-corrected chi connectivity index (χ0v) is 22.2.